The maximum absolute atomic E-state index is 13.5. The lowest BCUT2D eigenvalue weighted by Gasteiger charge is -2.19. The van der Waals surface area contributed by atoms with Gasteiger partial charge in [-0.15, -0.1) is 5.10 Å². The number of benzene rings is 3. The number of thioether (sulfide) groups is 1. The van der Waals surface area contributed by atoms with Crippen molar-refractivity contribution in [1.29, 1.82) is 0 Å². The van der Waals surface area contributed by atoms with Crippen molar-refractivity contribution in [2.75, 3.05) is 5.32 Å². The second-order valence-electron chi connectivity index (χ2n) is 9.74. The SMILES string of the molecule is C[C@@H](Sc1nc2nn(-c3ccccc3)c(=O)c-2c2n1CCCCC2)C(=O)Nc1ccc(Oc2ccccc2)cc1. The molecule has 0 bridgehead atoms. The van der Waals surface area contributed by atoms with Crippen molar-refractivity contribution < 1.29 is 9.53 Å². The van der Waals surface area contributed by atoms with E-state index in [-0.39, 0.29) is 11.5 Å². The van der Waals surface area contributed by atoms with Crippen LogP contribution in [-0.2, 0) is 17.8 Å². The second-order valence-corrected chi connectivity index (χ2v) is 11.1. The van der Waals surface area contributed by atoms with E-state index in [9.17, 15) is 9.59 Å². The molecule has 6 rings (SSSR count). The molecule has 3 aliphatic rings. The molecule has 3 aromatic rings. The number of ether oxygens (including phenoxy) is 1. The van der Waals surface area contributed by atoms with Crippen LogP contribution < -0.4 is 15.6 Å². The molecule has 0 saturated heterocycles. The predicted octanol–water partition coefficient (Wildman–Crippen LogP) is 6.17. The molecule has 0 aromatic heterocycles. The van der Waals surface area contributed by atoms with Crippen LogP contribution in [0.25, 0.3) is 17.1 Å². The molecule has 1 N–H and O–H groups in total. The van der Waals surface area contributed by atoms with Crippen LogP contribution in [0.3, 0.4) is 0 Å². The summed E-state index contributed by atoms with van der Waals surface area (Å²) < 4.78 is 9.40. The number of rotatable bonds is 7. The molecule has 40 heavy (non-hydrogen) atoms. The number of carbonyl (C=O) groups excluding carboxylic acids is 1. The third-order valence-corrected chi connectivity index (χ3v) is 8.01. The van der Waals surface area contributed by atoms with Gasteiger partial charge in [0.2, 0.25) is 5.91 Å². The summed E-state index contributed by atoms with van der Waals surface area (Å²) in [6.45, 7) is 2.62. The fraction of sp³-hybridized carbons (Fsp3) is 0.226. The summed E-state index contributed by atoms with van der Waals surface area (Å²) in [5, 5.41) is 7.87. The van der Waals surface area contributed by atoms with E-state index in [1.807, 2.05) is 91.9 Å². The van der Waals surface area contributed by atoms with Crippen LogP contribution in [0.15, 0.2) is 94.9 Å². The first-order valence-electron chi connectivity index (χ1n) is 13.5. The standard InChI is InChI=1S/C31H29N5O3S/c1-21(29(37)32-22-16-18-25(19-17-22)39-24-13-7-3-8-14-24)40-31-33-28-27(26-15-9-4-10-20-35(26)31)30(38)36(34-28)23-11-5-2-6-12-23/h2-3,5-8,11-14,16-19,21H,4,9-10,15,20H2,1H3,(H,32,37)/t21-/m1/s1. The lowest BCUT2D eigenvalue weighted by Crippen LogP contribution is -2.24. The van der Waals surface area contributed by atoms with Gasteiger partial charge in [-0.1, -0.05) is 54.6 Å². The summed E-state index contributed by atoms with van der Waals surface area (Å²) in [6.07, 6.45) is 3.85. The topological polar surface area (TPSA) is 91.0 Å². The van der Waals surface area contributed by atoms with Gasteiger partial charge in [0, 0.05) is 17.9 Å². The number of amides is 1. The molecule has 202 valence electrons. The first-order valence-corrected chi connectivity index (χ1v) is 14.3. The second kappa shape index (κ2) is 11.4. The van der Waals surface area contributed by atoms with E-state index in [1.165, 1.54) is 16.4 Å². The molecule has 9 heteroatoms. The molecule has 3 heterocycles. The number of nitrogens with zero attached hydrogens (tertiary/aromatic N) is 4. The average Bonchev–Trinajstić information content (AvgIpc) is 3.13. The van der Waals surface area contributed by atoms with E-state index in [0.717, 1.165) is 43.7 Å². The molecule has 1 atom stereocenters. The number of nitrogens with one attached hydrogen (secondary N) is 1. The van der Waals surface area contributed by atoms with Crippen LogP contribution in [0.1, 0.15) is 31.9 Å². The lowest BCUT2D eigenvalue weighted by atomic mass is 10.1. The highest BCUT2D eigenvalue weighted by Gasteiger charge is 2.28. The van der Waals surface area contributed by atoms with Crippen molar-refractivity contribution in [1.82, 2.24) is 19.3 Å². The summed E-state index contributed by atoms with van der Waals surface area (Å²) >= 11 is 1.39. The van der Waals surface area contributed by atoms with Gasteiger partial charge in [-0.25, -0.2) is 4.98 Å². The lowest BCUT2D eigenvalue weighted by molar-refractivity contribution is -0.115. The average molecular weight is 552 g/mol. The minimum atomic E-state index is -0.423. The monoisotopic (exact) mass is 551 g/mol. The van der Waals surface area contributed by atoms with Gasteiger partial charge < -0.3 is 14.6 Å². The van der Waals surface area contributed by atoms with Crippen LogP contribution >= 0.6 is 11.8 Å². The van der Waals surface area contributed by atoms with Gasteiger partial charge in [0.15, 0.2) is 11.0 Å². The summed E-state index contributed by atoms with van der Waals surface area (Å²) in [6, 6.07) is 26.3. The summed E-state index contributed by atoms with van der Waals surface area (Å²) in [7, 11) is 0. The number of hydrogen-bond acceptors (Lipinski definition) is 6. The number of aromatic nitrogens is 4. The van der Waals surface area contributed by atoms with Gasteiger partial charge in [0.05, 0.1) is 10.9 Å². The quantitative estimate of drug-likeness (QED) is 0.192. The van der Waals surface area contributed by atoms with E-state index in [2.05, 4.69) is 15.0 Å². The van der Waals surface area contributed by atoms with E-state index in [0.29, 0.717) is 33.7 Å². The maximum atomic E-state index is 13.5. The molecular formula is C31H29N5O3S. The highest BCUT2D eigenvalue weighted by molar-refractivity contribution is 8.00. The van der Waals surface area contributed by atoms with Gasteiger partial charge in [-0.3, -0.25) is 9.59 Å². The van der Waals surface area contributed by atoms with Crippen LogP contribution in [-0.4, -0.2) is 30.5 Å². The Bertz CT molecular complexity index is 1650. The summed E-state index contributed by atoms with van der Waals surface area (Å²) in [5.41, 5.74) is 2.77. The number of fused-ring (bicyclic) bond motifs is 3. The molecule has 0 spiro atoms. The van der Waals surface area contributed by atoms with Crippen LogP contribution in [0.2, 0.25) is 0 Å². The number of anilines is 1. The van der Waals surface area contributed by atoms with Gasteiger partial charge in [-0.2, -0.15) is 4.68 Å². The highest BCUT2D eigenvalue weighted by Crippen LogP contribution is 2.32. The van der Waals surface area contributed by atoms with Crippen molar-refractivity contribution in [3.63, 3.8) is 0 Å². The minimum absolute atomic E-state index is 0.133. The molecule has 0 saturated carbocycles. The zero-order chi connectivity index (χ0) is 27.5. The molecule has 1 amide bonds. The number of carbonyl (C=O) groups is 1. The smallest absolute Gasteiger partial charge is 0.284 e. The molecule has 3 aromatic carbocycles. The van der Waals surface area contributed by atoms with E-state index in [1.54, 1.807) is 0 Å². The van der Waals surface area contributed by atoms with Crippen LogP contribution in [0, 0.1) is 0 Å². The van der Waals surface area contributed by atoms with Gasteiger partial charge >= 0.3 is 0 Å². The zero-order valence-corrected chi connectivity index (χ0v) is 22.9. The van der Waals surface area contributed by atoms with E-state index >= 15 is 0 Å². The molecule has 0 fully saturated rings. The molecular weight excluding hydrogens is 522 g/mol. The van der Waals surface area contributed by atoms with Crippen molar-refractivity contribution in [2.24, 2.45) is 0 Å². The van der Waals surface area contributed by atoms with Crippen molar-refractivity contribution in [2.45, 2.75) is 49.6 Å². The first kappa shape index (κ1) is 25.9. The summed E-state index contributed by atoms with van der Waals surface area (Å²) in [5.74, 6) is 1.73. The fourth-order valence-electron chi connectivity index (χ4n) is 4.87. The third-order valence-electron chi connectivity index (χ3n) is 6.92. The maximum Gasteiger partial charge on any atom is 0.284 e. The van der Waals surface area contributed by atoms with Crippen molar-refractivity contribution in [3.8, 4) is 28.6 Å². The van der Waals surface area contributed by atoms with Gasteiger partial charge in [0.1, 0.15) is 17.1 Å². The Hall–Kier alpha value is -4.37. The van der Waals surface area contributed by atoms with Crippen molar-refractivity contribution in [3.05, 3.63) is 101 Å². The first-order chi connectivity index (χ1) is 19.6. The number of para-hydroxylation sites is 2. The van der Waals surface area contributed by atoms with Gasteiger partial charge in [-0.05, 0) is 74.7 Å². The van der Waals surface area contributed by atoms with Crippen LogP contribution in [0.4, 0.5) is 5.69 Å². The van der Waals surface area contributed by atoms with Crippen molar-refractivity contribution >= 4 is 23.4 Å². The number of hydrogen-bond donors (Lipinski definition) is 1. The Morgan fingerprint density at radius 2 is 1.62 bits per heavy atom. The molecule has 8 nitrogen and oxygen atoms in total. The molecule has 3 aliphatic heterocycles. The Balaban J connectivity index is 1.23. The molecule has 0 radical (unpaired) electrons. The fourth-order valence-corrected chi connectivity index (χ4v) is 5.82. The van der Waals surface area contributed by atoms with E-state index < -0.39 is 5.25 Å². The molecule has 0 unspecified atom stereocenters. The Morgan fingerprint density at radius 1 is 0.925 bits per heavy atom. The van der Waals surface area contributed by atoms with Crippen LogP contribution in [0.5, 0.6) is 11.5 Å². The Kier molecular flexibility index (Phi) is 7.37. The zero-order valence-electron chi connectivity index (χ0n) is 22.1. The Morgan fingerprint density at radius 3 is 2.38 bits per heavy atom. The normalized spacial score (nSPS) is 13.8. The van der Waals surface area contributed by atoms with E-state index in [4.69, 9.17) is 9.72 Å². The summed E-state index contributed by atoms with van der Waals surface area (Å²) in [4.78, 5) is 31.4. The Labute approximate surface area is 236 Å². The predicted molar refractivity (Wildman–Crippen MR) is 157 cm³/mol. The highest BCUT2D eigenvalue weighted by atomic mass is 32.2. The van der Waals surface area contributed by atoms with Gasteiger partial charge in [0.25, 0.3) is 5.56 Å². The minimum Gasteiger partial charge on any atom is -0.457 e. The molecule has 0 aliphatic carbocycles. The third kappa shape index (κ3) is 5.37. The largest absolute Gasteiger partial charge is 0.457 e.